The Morgan fingerprint density at radius 3 is 3.00 bits per heavy atom. The normalized spacial score (nSPS) is 21.6. The summed E-state index contributed by atoms with van der Waals surface area (Å²) in [5.74, 6) is -0.158. The van der Waals surface area contributed by atoms with E-state index in [4.69, 9.17) is 9.84 Å². The first kappa shape index (κ1) is 15.3. The number of nitrogens with one attached hydrogen (secondary N) is 2. The van der Waals surface area contributed by atoms with Crippen LogP contribution in [-0.2, 0) is 9.59 Å². The second-order valence-corrected chi connectivity index (χ2v) is 5.34. The van der Waals surface area contributed by atoms with Crippen molar-refractivity contribution in [3.8, 4) is 5.75 Å². The third-order valence-electron chi connectivity index (χ3n) is 3.45. The van der Waals surface area contributed by atoms with E-state index in [1.165, 1.54) is 0 Å². The molecule has 1 fully saturated rings. The minimum atomic E-state index is -1.04. The molecule has 2 unspecified atom stereocenters. The minimum absolute atomic E-state index is 0.0723. The first-order chi connectivity index (χ1) is 10.0. The van der Waals surface area contributed by atoms with E-state index in [0.717, 1.165) is 19.4 Å². The molecule has 1 aliphatic heterocycles. The predicted molar refractivity (Wildman–Crippen MR) is 78.4 cm³/mol. The van der Waals surface area contributed by atoms with E-state index in [-0.39, 0.29) is 11.9 Å². The van der Waals surface area contributed by atoms with Crippen molar-refractivity contribution in [3.63, 3.8) is 0 Å². The van der Waals surface area contributed by atoms with Crippen LogP contribution in [0.2, 0.25) is 0 Å². The number of carbonyl (C=O) groups excluding carboxylic acids is 1. The van der Waals surface area contributed by atoms with Crippen LogP contribution in [0.3, 0.4) is 0 Å². The first-order valence-electron chi connectivity index (χ1n) is 7.03. The summed E-state index contributed by atoms with van der Waals surface area (Å²) in [6.07, 6.45) is 1.91. The van der Waals surface area contributed by atoms with E-state index in [1.54, 1.807) is 24.3 Å². The van der Waals surface area contributed by atoms with Crippen molar-refractivity contribution in [2.24, 2.45) is 5.92 Å². The maximum absolute atomic E-state index is 12.2. The summed E-state index contributed by atoms with van der Waals surface area (Å²) in [7, 11) is 0. The molecule has 1 amide bonds. The summed E-state index contributed by atoms with van der Waals surface area (Å²) < 4.78 is 5.09. The van der Waals surface area contributed by atoms with Gasteiger partial charge in [0.15, 0.2) is 6.61 Å². The van der Waals surface area contributed by atoms with Crippen LogP contribution < -0.4 is 15.4 Å². The number of aliphatic carboxylic acids is 1. The topological polar surface area (TPSA) is 87.7 Å². The van der Waals surface area contributed by atoms with Gasteiger partial charge < -0.3 is 20.5 Å². The molecule has 3 N–H and O–H groups in total. The molecule has 0 aromatic heterocycles. The summed E-state index contributed by atoms with van der Waals surface area (Å²) >= 11 is 0. The number of carboxylic acids is 1. The van der Waals surface area contributed by atoms with Crippen LogP contribution in [0.1, 0.15) is 19.8 Å². The van der Waals surface area contributed by atoms with Crippen LogP contribution in [0, 0.1) is 5.92 Å². The molecule has 6 heteroatoms. The summed E-state index contributed by atoms with van der Waals surface area (Å²) in [5, 5.41) is 14.6. The number of rotatable bonds is 5. The number of benzene rings is 1. The molecular formula is C15H20N2O4. The fourth-order valence-corrected chi connectivity index (χ4v) is 2.35. The fourth-order valence-electron chi connectivity index (χ4n) is 2.35. The van der Waals surface area contributed by atoms with E-state index in [2.05, 4.69) is 17.6 Å². The lowest BCUT2D eigenvalue weighted by Crippen LogP contribution is -2.45. The maximum Gasteiger partial charge on any atom is 0.341 e. The highest BCUT2D eigenvalue weighted by Crippen LogP contribution is 2.20. The van der Waals surface area contributed by atoms with E-state index in [1.807, 2.05) is 0 Å². The van der Waals surface area contributed by atoms with Gasteiger partial charge in [0.1, 0.15) is 5.75 Å². The molecule has 1 saturated heterocycles. The molecule has 1 heterocycles. The third kappa shape index (κ3) is 4.75. The molecule has 2 rings (SSSR count). The average molecular weight is 292 g/mol. The van der Waals surface area contributed by atoms with Gasteiger partial charge in [0.05, 0.1) is 6.04 Å². The molecular weight excluding hydrogens is 272 g/mol. The Balaban J connectivity index is 1.94. The molecule has 0 spiro atoms. The van der Waals surface area contributed by atoms with Crippen LogP contribution in [0.15, 0.2) is 24.3 Å². The predicted octanol–water partition coefficient (Wildman–Crippen LogP) is 1.48. The smallest absolute Gasteiger partial charge is 0.341 e. The zero-order valence-electron chi connectivity index (χ0n) is 12.0. The molecule has 1 aliphatic rings. The highest BCUT2D eigenvalue weighted by atomic mass is 16.5. The standard InChI is InChI=1S/C15H20N2O4/c1-10-5-6-16-13(7-10)15(20)17-11-3-2-4-12(8-11)21-9-14(18)19/h2-4,8,10,13,16H,5-7,9H2,1H3,(H,17,20)(H,18,19). The van der Waals surface area contributed by atoms with Gasteiger partial charge in [0.2, 0.25) is 5.91 Å². The van der Waals surface area contributed by atoms with Gasteiger partial charge in [-0.1, -0.05) is 13.0 Å². The number of amides is 1. The zero-order chi connectivity index (χ0) is 15.2. The van der Waals surface area contributed by atoms with Gasteiger partial charge in [-0.25, -0.2) is 4.79 Å². The molecule has 6 nitrogen and oxygen atoms in total. The Morgan fingerprint density at radius 2 is 2.29 bits per heavy atom. The number of hydrogen-bond donors (Lipinski definition) is 3. The van der Waals surface area contributed by atoms with Gasteiger partial charge in [0.25, 0.3) is 0 Å². The van der Waals surface area contributed by atoms with Crippen LogP contribution in [-0.4, -0.2) is 36.2 Å². The largest absolute Gasteiger partial charge is 0.482 e. The molecule has 0 bridgehead atoms. The quantitative estimate of drug-likeness (QED) is 0.765. The molecule has 21 heavy (non-hydrogen) atoms. The van der Waals surface area contributed by atoms with E-state index < -0.39 is 12.6 Å². The fraction of sp³-hybridized carbons (Fsp3) is 0.467. The van der Waals surface area contributed by atoms with E-state index in [0.29, 0.717) is 17.4 Å². The van der Waals surface area contributed by atoms with Crippen molar-refractivity contribution in [1.29, 1.82) is 0 Å². The van der Waals surface area contributed by atoms with Crippen molar-refractivity contribution >= 4 is 17.6 Å². The Morgan fingerprint density at radius 1 is 1.48 bits per heavy atom. The number of carboxylic acid groups (broad SMARTS) is 1. The highest BCUT2D eigenvalue weighted by molar-refractivity contribution is 5.95. The van der Waals surface area contributed by atoms with Gasteiger partial charge in [0, 0.05) is 11.8 Å². The van der Waals surface area contributed by atoms with Crippen LogP contribution in [0.4, 0.5) is 5.69 Å². The van der Waals surface area contributed by atoms with Crippen molar-refractivity contribution in [2.75, 3.05) is 18.5 Å². The molecule has 0 saturated carbocycles. The summed E-state index contributed by atoms with van der Waals surface area (Å²) in [5.41, 5.74) is 0.600. The van der Waals surface area contributed by atoms with Gasteiger partial charge in [-0.15, -0.1) is 0 Å². The number of piperidine rings is 1. The minimum Gasteiger partial charge on any atom is -0.482 e. The second kappa shape index (κ2) is 7.08. The van der Waals surface area contributed by atoms with Gasteiger partial charge >= 0.3 is 5.97 Å². The lowest BCUT2D eigenvalue weighted by molar-refractivity contribution is -0.139. The third-order valence-corrected chi connectivity index (χ3v) is 3.45. The molecule has 114 valence electrons. The zero-order valence-corrected chi connectivity index (χ0v) is 12.0. The SMILES string of the molecule is CC1CCNC(C(=O)Nc2cccc(OCC(=O)O)c2)C1. The number of ether oxygens (including phenoxy) is 1. The molecule has 1 aromatic carbocycles. The van der Waals surface area contributed by atoms with Crippen molar-refractivity contribution < 1.29 is 19.4 Å². The molecule has 1 aromatic rings. The van der Waals surface area contributed by atoms with Crippen molar-refractivity contribution in [2.45, 2.75) is 25.8 Å². The average Bonchev–Trinajstić information content (AvgIpc) is 2.45. The number of anilines is 1. The summed E-state index contributed by atoms with van der Waals surface area (Å²) in [6, 6.07) is 6.55. The van der Waals surface area contributed by atoms with Crippen LogP contribution in [0.5, 0.6) is 5.75 Å². The molecule has 0 radical (unpaired) electrons. The van der Waals surface area contributed by atoms with Crippen molar-refractivity contribution in [1.82, 2.24) is 5.32 Å². The monoisotopic (exact) mass is 292 g/mol. The van der Waals surface area contributed by atoms with Gasteiger partial charge in [-0.2, -0.15) is 0 Å². The maximum atomic E-state index is 12.2. The Labute approximate surface area is 123 Å². The molecule has 0 aliphatic carbocycles. The molecule has 2 atom stereocenters. The lowest BCUT2D eigenvalue weighted by Gasteiger charge is -2.27. The second-order valence-electron chi connectivity index (χ2n) is 5.34. The van der Waals surface area contributed by atoms with Crippen LogP contribution in [0.25, 0.3) is 0 Å². The lowest BCUT2D eigenvalue weighted by atomic mass is 9.94. The summed E-state index contributed by atoms with van der Waals surface area (Å²) in [4.78, 5) is 22.7. The highest BCUT2D eigenvalue weighted by Gasteiger charge is 2.24. The van der Waals surface area contributed by atoms with Crippen molar-refractivity contribution in [3.05, 3.63) is 24.3 Å². The Hall–Kier alpha value is -2.08. The van der Waals surface area contributed by atoms with Gasteiger partial charge in [-0.05, 0) is 37.4 Å². The number of carbonyl (C=O) groups is 2. The first-order valence-corrected chi connectivity index (χ1v) is 7.03. The number of hydrogen-bond acceptors (Lipinski definition) is 4. The van der Waals surface area contributed by atoms with Gasteiger partial charge in [-0.3, -0.25) is 4.79 Å². The Kier molecular flexibility index (Phi) is 5.16. The Bertz CT molecular complexity index is 518. The van der Waals surface area contributed by atoms with Crippen LogP contribution >= 0.6 is 0 Å². The summed E-state index contributed by atoms with van der Waals surface area (Å²) in [6.45, 7) is 2.58. The van der Waals surface area contributed by atoms with E-state index >= 15 is 0 Å². The van der Waals surface area contributed by atoms with E-state index in [9.17, 15) is 9.59 Å².